The standard InChI is InChI=1S/C51H34N4O/c1-3-13-34(14-4-1)49-52-50(35-15-5-2-6-16-35)54-51(53-49)43-20-8-7-17-39(43)33-23-27-38(28-24-33)55-45-21-11-9-18-40(45)41-29-25-37(32-46(41)55)36-26-30-48-44(31-36)42-19-10-12-22-47(42)56-48/h1-15,17-32,35H,16H2. The molecule has 7 aromatic carbocycles. The minimum Gasteiger partial charge on any atom is -0.456 e. The zero-order chi connectivity index (χ0) is 37.0. The van der Waals surface area contributed by atoms with Crippen LogP contribution < -0.4 is 0 Å². The Balaban J connectivity index is 1.01. The average Bonchev–Trinajstić information content (AvgIpc) is 3.82. The molecule has 1 atom stereocenters. The van der Waals surface area contributed by atoms with Crippen LogP contribution in [-0.4, -0.2) is 19.5 Å². The molecule has 0 saturated carbocycles. The summed E-state index contributed by atoms with van der Waals surface area (Å²) >= 11 is 0. The van der Waals surface area contributed by atoms with Crippen molar-refractivity contribution in [2.45, 2.75) is 12.3 Å². The molecule has 0 spiro atoms. The molecular formula is C51H34N4O. The third-order valence-electron chi connectivity index (χ3n) is 11.0. The highest BCUT2D eigenvalue weighted by molar-refractivity contribution is 6.11. The lowest BCUT2D eigenvalue weighted by Crippen LogP contribution is -2.08. The number of para-hydroxylation sites is 2. The fraction of sp³-hybridized carbons (Fsp3) is 0.0392. The average molecular weight is 719 g/mol. The van der Waals surface area contributed by atoms with Gasteiger partial charge in [0.1, 0.15) is 17.0 Å². The highest BCUT2D eigenvalue weighted by Crippen LogP contribution is 2.38. The minimum absolute atomic E-state index is 0.0934. The van der Waals surface area contributed by atoms with E-state index in [1.54, 1.807) is 0 Å². The van der Waals surface area contributed by atoms with Gasteiger partial charge in [0, 0.05) is 44.3 Å². The molecule has 0 N–H and O–H groups in total. The van der Waals surface area contributed by atoms with Crippen molar-refractivity contribution in [3.05, 3.63) is 194 Å². The largest absolute Gasteiger partial charge is 0.456 e. The lowest BCUT2D eigenvalue weighted by molar-refractivity contribution is 0.669. The van der Waals surface area contributed by atoms with E-state index in [9.17, 15) is 0 Å². The summed E-state index contributed by atoms with van der Waals surface area (Å²) in [5, 5.41) is 4.70. The second-order valence-corrected chi connectivity index (χ2v) is 14.3. The van der Waals surface area contributed by atoms with Crippen LogP contribution in [0.4, 0.5) is 0 Å². The molecule has 3 heterocycles. The van der Waals surface area contributed by atoms with Gasteiger partial charge in [0.15, 0.2) is 11.6 Å². The molecular weight excluding hydrogens is 685 g/mol. The SMILES string of the molecule is C1=CCC(c2nc(-c3ccccc3)nc(-c3ccccc3-c3ccc(-n4c5ccccc5c5ccc(-c6ccc7oc8ccccc8c7c6)cc54)cc3)n2)C=C1. The zero-order valence-electron chi connectivity index (χ0n) is 30.4. The number of nitrogens with zero attached hydrogens (tertiary/aromatic N) is 4. The number of aromatic nitrogens is 4. The molecule has 1 aliphatic carbocycles. The Bertz CT molecular complexity index is 3170. The highest BCUT2D eigenvalue weighted by atomic mass is 16.3. The van der Waals surface area contributed by atoms with Gasteiger partial charge in [0.25, 0.3) is 0 Å². The molecule has 0 saturated heterocycles. The first kappa shape index (κ1) is 32.1. The van der Waals surface area contributed by atoms with Gasteiger partial charge >= 0.3 is 0 Å². The van der Waals surface area contributed by atoms with Crippen LogP contribution in [0, 0.1) is 0 Å². The van der Waals surface area contributed by atoms with Crippen molar-refractivity contribution in [3.63, 3.8) is 0 Å². The summed E-state index contributed by atoms with van der Waals surface area (Å²) < 4.78 is 8.52. The second-order valence-electron chi connectivity index (χ2n) is 14.3. The first-order chi connectivity index (χ1) is 27.7. The van der Waals surface area contributed by atoms with Crippen molar-refractivity contribution in [1.29, 1.82) is 0 Å². The Morgan fingerprint density at radius 1 is 0.464 bits per heavy atom. The van der Waals surface area contributed by atoms with E-state index in [-0.39, 0.29) is 5.92 Å². The molecule has 56 heavy (non-hydrogen) atoms. The van der Waals surface area contributed by atoms with E-state index in [1.165, 1.54) is 16.3 Å². The van der Waals surface area contributed by atoms with E-state index in [1.807, 2.05) is 30.3 Å². The summed E-state index contributed by atoms with van der Waals surface area (Å²) in [6.45, 7) is 0. The molecule has 5 nitrogen and oxygen atoms in total. The topological polar surface area (TPSA) is 56.7 Å². The molecule has 0 radical (unpaired) electrons. The molecule has 264 valence electrons. The highest BCUT2D eigenvalue weighted by Gasteiger charge is 2.20. The molecule has 0 aliphatic heterocycles. The first-order valence-electron chi connectivity index (χ1n) is 19.0. The van der Waals surface area contributed by atoms with Gasteiger partial charge in [-0.05, 0) is 71.1 Å². The lowest BCUT2D eigenvalue weighted by Gasteiger charge is -2.16. The molecule has 0 bridgehead atoms. The van der Waals surface area contributed by atoms with E-state index >= 15 is 0 Å². The summed E-state index contributed by atoms with van der Waals surface area (Å²) in [5.74, 6) is 2.23. The van der Waals surface area contributed by atoms with Crippen LogP contribution in [0.15, 0.2) is 193 Å². The van der Waals surface area contributed by atoms with E-state index in [0.29, 0.717) is 11.6 Å². The molecule has 11 rings (SSSR count). The Kier molecular flexibility index (Phi) is 7.56. The number of rotatable bonds is 6. The van der Waals surface area contributed by atoms with Gasteiger partial charge < -0.3 is 8.98 Å². The lowest BCUT2D eigenvalue weighted by atomic mass is 9.97. The molecule has 3 aromatic heterocycles. The van der Waals surface area contributed by atoms with Crippen LogP contribution >= 0.6 is 0 Å². The van der Waals surface area contributed by atoms with Crippen molar-refractivity contribution in [3.8, 4) is 50.7 Å². The Morgan fingerprint density at radius 2 is 1.14 bits per heavy atom. The number of hydrogen-bond donors (Lipinski definition) is 0. The van der Waals surface area contributed by atoms with Crippen molar-refractivity contribution in [2.24, 2.45) is 0 Å². The van der Waals surface area contributed by atoms with Crippen LogP contribution in [0.25, 0.3) is 94.5 Å². The van der Waals surface area contributed by atoms with Gasteiger partial charge in [-0.2, -0.15) is 0 Å². The Morgan fingerprint density at radius 3 is 2.00 bits per heavy atom. The summed E-state index contributed by atoms with van der Waals surface area (Å²) in [7, 11) is 0. The van der Waals surface area contributed by atoms with Crippen LogP contribution in [0.3, 0.4) is 0 Å². The fourth-order valence-electron chi connectivity index (χ4n) is 8.22. The molecule has 0 amide bonds. The van der Waals surface area contributed by atoms with Gasteiger partial charge in [-0.3, -0.25) is 0 Å². The third-order valence-corrected chi connectivity index (χ3v) is 11.0. The minimum atomic E-state index is 0.0934. The molecule has 1 unspecified atom stereocenters. The maximum Gasteiger partial charge on any atom is 0.164 e. The van der Waals surface area contributed by atoms with E-state index in [4.69, 9.17) is 19.4 Å². The Labute approximate surface area is 323 Å². The smallest absolute Gasteiger partial charge is 0.164 e. The monoisotopic (exact) mass is 718 g/mol. The van der Waals surface area contributed by atoms with Crippen molar-refractivity contribution >= 4 is 43.7 Å². The van der Waals surface area contributed by atoms with Gasteiger partial charge in [-0.25, -0.2) is 15.0 Å². The number of benzene rings is 7. The predicted octanol–water partition coefficient (Wildman–Crippen LogP) is 13.1. The number of furan rings is 1. The molecule has 5 heteroatoms. The van der Waals surface area contributed by atoms with Crippen LogP contribution in [0.2, 0.25) is 0 Å². The van der Waals surface area contributed by atoms with Crippen molar-refractivity contribution in [2.75, 3.05) is 0 Å². The quantitative estimate of drug-likeness (QED) is 0.172. The van der Waals surface area contributed by atoms with Gasteiger partial charge in [-0.15, -0.1) is 0 Å². The number of allylic oxidation sites excluding steroid dienone is 4. The second kappa shape index (κ2) is 13.2. The van der Waals surface area contributed by atoms with Crippen LogP contribution in [0.5, 0.6) is 0 Å². The van der Waals surface area contributed by atoms with Gasteiger partial charge in [-0.1, -0.05) is 146 Å². The molecule has 10 aromatic rings. The van der Waals surface area contributed by atoms with Crippen LogP contribution in [-0.2, 0) is 0 Å². The number of fused-ring (bicyclic) bond motifs is 6. The zero-order valence-corrected chi connectivity index (χ0v) is 30.4. The molecule has 0 fully saturated rings. The summed E-state index contributed by atoms with van der Waals surface area (Å²) in [4.78, 5) is 15.2. The number of hydrogen-bond acceptors (Lipinski definition) is 4. The Hall–Kier alpha value is -7.37. The first-order valence-corrected chi connectivity index (χ1v) is 19.0. The van der Waals surface area contributed by atoms with Crippen molar-refractivity contribution in [1.82, 2.24) is 19.5 Å². The third kappa shape index (κ3) is 5.44. The van der Waals surface area contributed by atoms with Crippen molar-refractivity contribution < 1.29 is 4.42 Å². The normalized spacial score (nSPS) is 14.0. The molecule has 1 aliphatic rings. The van der Waals surface area contributed by atoms with Gasteiger partial charge in [0.05, 0.1) is 11.0 Å². The maximum absolute atomic E-state index is 6.14. The predicted molar refractivity (Wildman–Crippen MR) is 229 cm³/mol. The summed E-state index contributed by atoms with van der Waals surface area (Å²) in [6.07, 6.45) is 9.37. The summed E-state index contributed by atoms with van der Waals surface area (Å²) in [6, 6.07) is 57.7. The van der Waals surface area contributed by atoms with Gasteiger partial charge in [0.2, 0.25) is 0 Å². The fourth-order valence-corrected chi connectivity index (χ4v) is 8.22. The van der Waals surface area contributed by atoms with E-state index in [2.05, 4.69) is 162 Å². The van der Waals surface area contributed by atoms with E-state index in [0.717, 1.165) is 78.8 Å². The van der Waals surface area contributed by atoms with Crippen LogP contribution in [0.1, 0.15) is 18.2 Å². The maximum atomic E-state index is 6.14. The van der Waals surface area contributed by atoms with E-state index < -0.39 is 0 Å². The summed E-state index contributed by atoms with van der Waals surface area (Å²) in [5.41, 5.74) is 11.7.